The van der Waals surface area contributed by atoms with Gasteiger partial charge in [-0.1, -0.05) is 39.8 Å². The minimum absolute atomic E-state index is 0.0963. The van der Waals surface area contributed by atoms with E-state index in [-0.39, 0.29) is 24.3 Å². The van der Waals surface area contributed by atoms with Gasteiger partial charge in [-0.2, -0.15) is 0 Å². The van der Waals surface area contributed by atoms with Gasteiger partial charge in [0.15, 0.2) is 0 Å². The van der Waals surface area contributed by atoms with Crippen LogP contribution in [0.25, 0.3) is 0 Å². The van der Waals surface area contributed by atoms with E-state index in [1.54, 1.807) is 0 Å². The number of hydrogen-bond acceptors (Lipinski definition) is 3. The number of hydrogen-bond donors (Lipinski definition) is 0. The van der Waals surface area contributed by atoms with Crippen molar-refractivity contribution in [3.63, 3.8) is 0 Å². The Bertz CT molecular complexity index is 518. The zero-order valence-electron chi connectivity index (χ0n) is 13.3. The van der Waals surface area contributed by atoms with Crippen LogP contribution in [0.1, 0.15) is 45.6 Å². The fraction of sp³-hybridized carbons (Fsp3) is 0.529. The van der Waals surface area contributed by atoms with E-state index >= 15 is 0 Å². The van der Waals surface area contributed by atoms with E-state index in [1.807, 2.05) is 43.0 Å². The lowest BCUT2D eigenvalue weighted by Gasteiger charge is -2.24. The van der Waals surface area contributed by atoms with Gasteiger partial charge in [-0.15, -0.1) is 0 Å². The largest absolute Gasteiger partial charge is 0.292 e. The van der Waals surface area contributed by atoms with E-state index in [0.717, 1.165) is 13.1 Å². The molecule has 0 spiro atoms. The maximum absolute atomic E-state index is 12.6. The Morgan fingerprint density at radius 3 is 2.19 bits per heavy atom. The number of carbonyl (C=O) groups excluding carboxylic acids is 2. The molecular weight excluding hydrogens is 264 g/mol. The van der Waals surface area contributed by atoms with Gasteiger partial charge < -0.3 is 0 Å². The standard InChI is InChI=1S/C17H24N2O2/c1-5-18(6-2)15-11-16(20)19(17(15)21)14-9-7-13(8-10-14)12(3)4/h7-10,12,15H,5-6,11H2,1-4H3/t15-/m1/s1. The molecule has 1 saturated heterocycles. The lowest BCUT2D eigenvalue weighted by atomic mass is 10.0. The Morgan fingerprint density at radius 2 is 1.71 bits per heavy atom. The molecule has 4 heteroatoms. The molecule has 2 amide bonds. The van der Waals surface area contributed by atoms with Gasteiger partial charge >= 0.3 is 0 Å². The molecule has 4 nitrogen and oxygen atoms in total. The van der Waals surface area contributed by atoms with Crippen molar-refractivity contribution in [2.45, 2.75) is 46.1 Å². The summed E-state index contributed by atoms with van der Waals surface area (Å²) < 4.78 is 0. The monoisotopic (exact) mass is 288 g/mol. The molecule has 0 radical (unpaired) electrons. The van der Waals surface area contributed by atoms with Crippen LogP contribution in [0.5, 0.6) is 0 Å². The van der Waals surface area contributed by atoms with Gasteiger partial charge in [-0.25, -0.2) is 4.90 Å². The van der Waals surface area contributed by atoms with E-state index in [2.05, 4.69) is 13.8 Å². The minimum Gasteiger partial charge on any atom is -0.292 e. The van der Waals surface area contributed by atoms with E-state index in [9.17, 15) is 9.59 Å². The molecule has 21 heavy (non-hydrogen) atoms. The number of anilines is 1. The third kappa shape index (κ3) is 3.00. The Labute approximate surface area is 126 Å². The normalized spacial score (nSPS) is 19.1. The molecule has 1 aliphatic heterocycles. The second-order valence-corrected chi connectivity index (χ2v) is 5.75. The summed E-state index contributed by atoms with van der Waals surface area (Å²) in [6, 6.07) is 7.42. The van der Waals surface area contributed by atoms with Gasteiger partial charge in [-0.05, 0) is 36.7 Å². The van der Waals surface area contributed by atoms with Gasteiger partial charge in [0.1, 0.15) is 0 Å². The highest BCUT2D eigenvalue weighted by Gasteiger charge is 2.41. The van der Waals surface area contributed by atoms with Gasteiger partial charge in [0.05, 0.1) is 18.2 Å². The molecule has 1 aliphatic rings. The number of carbonyl (C=O) groups is 2. The van der Waals surface area contributed by atoms with Crippen molar-refractivity contribution in [3.05, 3.63) is 29.8 Å². The number of nitrogens with zero attached hydrogens (tertiary/aromatic N) is 2. The second-order valence-electron chi connectivity index (χ2n) is 5.75. The summed E-state index contributed by atoms with van der Waals surface area (Å²) in [6.07, 6.45) is 0.284. The number of imide groups is 1. The average molecular weight is 288 g/mol. The Kier molecular flexibility index (Phi) is 4.78. The van der Waals surface area contributed by atoms with Crippen LogP contribution >= 0.6 is 0 Å². The highest BCUT2D eigenvalue weighted by molar-refractivity contribution is 6.22. The molecule has 0 aromatic heterocycles. The summed E-state index contributed by atoms with van der Waals surface area (Å²) in [5, 5.41) is 0. The zero-order valence-corrected chi connectivity index (χ0v) is 13.3. The van der Waals surface area contributed by atoms with Crippen LogP contribution in [0.4, 0.5) is 5.69 Å². The Hall–Kier alpha value is -1.68. The van der Waals surface area contributed by atoms with Crippen molar-refractivity contribution in [1.82, 2.24) is 4.90 Å². The molecule has 1 aromatic rings. The summed E-state index contributed by atoms with van der Waals surface area (Å²) in [6.45, 7) is 9.83. The minimum atomic E-state index is -0.308. The molecule has 0 aliphatic carbocycles. The van der Waals surface area contributed by atoms with Crippen molar-refractivity contribution in [2.24, 2.45) is 0 Å². The number of likely N-dealkylation sites (N-methyl/N-ethyl adjacent to an activating group) is 1. The van der Waals surface area contributed by atoms with Crippen molar-refractivity contribution < 1.29 is 9.59 Å². The van der Waals surface area contributed by atoms with Crippen LogP contribution in [-0.4, -0.2) is 35.8 Å². The van der Waals surface area contributed by atoms with Crippen LogP contribution in [0.2, 0.25) is 0 Å². The summed E-state index contributed by atoms with van der Waals surface area (Å²) >= 11 is 0. The summed E-state index contributed by atoms with van der Waals surface area (Å²) in [7, 11) is 0. The maximum atomic E-state index is 12.6. The number of benzene rings is 1. The maximum Gasteiger partial charge on any atom is 0.251 e. The Balaban J connectivity index is 2.24. The van der Waals surface area contributed by atoms with Crippen molar-refractivity contribution >= 4 is 17.5 Å². The average Bonchev–Trinajstić information content (AvgIpc) is 2.76. The number of amides is 2. The van der Waals surface area contributed by atoms with E-state index in [0.29, 0.717) is 11.6 Å². The first kappa shape index (κ1) is 15.7. The first-order chi connectivity index (χ1) is 9.99. The molecule has 0 saturated carbocycles. The van der Waals surface area contributed by atoms with Crippen LogP contribution < -0.4 is 4.90 Å². The molecule has 1 aromatic carbocycles. The van der Waals surface area contributed by atoms with Crippen LogP contribution in [0.15, 0.2) is 24.3 Å². The van der Waals surface area contributed by atoms with Crippen LogP contribution in [0.3, 0.4) is 0 Å². The highest BCUT2D eigenvalue weighted by atomic mass is 16.2. The first-order valence-electron chi connectivity index (χ1n) is 7.70. The van der Waals surface area contributed by atoms with Gasteiger partial charge in [-0.3, -0.25) is 14.5 Å². The quantitative estimate of drug-likeness (QED) is 0.782. The van der Waals surface area contributed by atoms with Crippen LogP contribution in [-0.2, 0) is 9.59 Å². The topological polar surface area (TPSA) is 40.6 Å². The molecule has 114 valence electrons. The predicted octanol–water partition coefficient (Wildman–Crippen LogP) is 2.78. The molecule has 0 unspecified atom stereocenters. The van der Waals surface area contributed by atoms with E-state index < -0.39 is 0 Å². The smallest absolute Gasteiger partial charge is 0.251 e. The molecular formula is C17H24N2O2. The van der Waals surface area contributed by atoms with Crippen molar-refractivity contribution in [3.8, 4) is 0 Å². The lowest BCUT2D eigenvalue weighted by molar-refractivity contribution is -0.122. The molecule has 0 bridgehead atoms. The van der Waals surface area contributed by atoms with Crippen molar-refractivity contribution in [2.75, 3.05) is 18.0 Å². The van der Waals surface area contributed by atoms with Crippen LogP contribution in [0, 0.1) is 0 Å². The summed E-state index contributed by atoms with van der Waals surface area (Å²) in [4.78, 5) is 28.2. The van der Waals surface area contributed by atoms with E-state index in [1.165, 1.54) is 10.5 Å². The molecule has 1 atom stereocenters. The second kappa shape index (κ2) is 6.39. The van der Waals surface area contributed by atoms with E-state index in [4.69, 9.17) is 0 Å². The fourth-order valence-corrected chi connectivity index (χ4v) is 2.85. The fourth-order valence-electron chi connectivity index (χ4n) is 2.85. The third-order valence-electron chi connectivity index (χ3n) is 4.19. The first-order valence-corrected chi connectivity index (χ1v) is 7.70. The SMILES string of the molecule is CCN(CC)[C@@H]1CC(=O)N(c2ccc(C(C)C)cc2)C1=O. The molecule has 1 heterocycles. The highest BCUT2D eigenvalue weighted by Crippen LogP contribution is 2.27. The zero-order chi connectivity index (χ0) is 15.6. The molecule has 1 fully saturated rings. The summed E-state index contributed by atoms with van der Waals surface area (Å²) in [5.41, 5.74) is 1.89. The van der Waals surface area contributed by atoms with Gasteiger partial charge in [0.25, 0.3) is 5.91 Å². The summed E-state index contributed by atoms with van der Waals surface area (Å²) in [5.74, 6) is 0.239. The number of rotatable bonds is 5. The lowest BCUT2D eigenvalue weighted by Crippen LogP contribution is -2.42. The van der Waals surface area contributed by atoms with Gasteiger partial charge in [0.2, 0.25) is 5.91 Å². The van der Waals surface area contributed by atoms with Crippen molar-refractivity contribution in [1.29, 1.82) is 0 Å². The molecule has 2 rings (SSSR count). The predicted molar refractivity (Wildman–Crippen MR) is 84.4 cm³/mol. The Morgan fingerprint density at radius 1 is 1.14 bits per heavy atom. The molecule has 0 N–H and O–H groups in total. The third-order valence-corrected chi connectivity index (χ3v) is 4.19. The van der Waals surface area contributed by atoms with Gasteiger partial charge in [0, 0.05) is 0 Å².